The maximum atomic E-state index is 5.85. The van der Waals surface area contributed by atoms with Crippen LogP contribution < -0.4 is 10.5 Å². The first-order valence-electron chi connectivity index (χ1n) is 6.37. The highest BCUT2D eigenvalue weighted by Gasteiger charge is 2.16. The Morgan fingerprint density at radius 2 is 2.17 bits per heavy atom. The van der Waals surface area contributed by atoms with E-state index in [-0.39, 0.29) is 0 Å². The first-order valence-corrected chi connectivity index (χ1v) is 6.37. The number of H-pyrrole nitrogens is 1. The van der Waals surface area contributed by atoms with Crippen molar-refractivity contribution in [2.75, 3.05) is 13.7 Å². The summed E-state index contributed by atoms with van der Waals surface area (Å²) in [5.41, 5.74) is 7.82. The molecule has 0 aliphatic heterocycles. The van der Waals surface area contributed by atoms with Crippen molar-refractivity contribution in [2.24, 2.45) is 11.7 Å². The summed E-state index contributed by atoms with van der Waals surface area (Å²) < 4.78 is 5.21. The highest BCUT2D eigenvalue weighted by molar-refractivity contribution is 5.76. The van der Waals surface area contributed by atoms with Crippen LogP contribution in [-0.2, 0) is 0 Å². The molecule has 18 heavy (non-hydrogen) atoms. The fourth-order valence-corrected chi connectivity index (χ4v) is 2.22. The van der Waals surface area contributed by atoms with Gasteiger partial charge in [0.25, 0.3) is 0 Å². The first kappa shape index (κ1) is 12.9. The Morgan fingerprint density at radius 3 is 2.78 bits per heavy atom. The SMILES string of the molecule is COc1ccc2nc(C(CN)CC(C)C)[nH]c2c1. The van der Waals surface area contributed by atoms with E-state index in [1.807, 2.05) is 18.2 Å². The minimum Gasteiger partial charge on any atom is -0.497 e. The van der Waals surface area contributed by atoms with Crippen LogP contribution in [0.25, 0.3) is 11.0 Å². The van der Waals surface area contributed by atoms with Gasteiger partial charge in [0, 0.05) is 18.5 Å². The number of imidazole rings is 1. The van der Waals surface area contributed by atoms with Gasteiger partial charge in [0.05, 0.1) is 18.1 Å². The first-order chi connectivity index (χ1) is 8.63. The molecule has 0 saturated carbocycles. The zero-order chi connectivity index (χ0) is 13.1. The molecule has 4 heteroatoms. The van der Waals surface area contributed by atoms with Crippen molar-refractivity contribution in [2.45, 2.75) is 26.2 Å². The molecule has 1 atom stereocenters. The average Bonchev–Trinajstić information content (AvgIpc) is 2.77. The summed E-state index contributed by atoms with van der Waals surface area (Å²) >= 11 is 0. The number of fused-ring (bicyclic) bond motifs is 1. The summed E-state index contributed by atoms with van der Waals surface area (Å²) in [5.74, 6) is 2.73. The monoisotopic (exact) mass is 247 g/mol. The Bertz CT molecular complexity index is 519. The molecule has 0 radical (unpaired) electrons. The molecule has 1 heterocycles. The predicted molar refractivity (Wildman–Crippen MR) is 73.9 cm³/mol. The topological polar surface area (TPSA) is 63.9 Å². The molecular formula is C14H21N3O. The van der Waals surface area contributed by atoms with Gasteiger partial charge in [0.2, 0.25) is 0 Å². The second-order valence-electron chi connectivity index (χ2n) is 5.07. The molecule has 0 spiro atoms. The van der Waals surface area contributed by atoms with E-state index in [4.69, 9.17) is 10.5 Å². The van der Waals surface area contributed by atoms with Gasteiger partial charge in [-0.2, -0.15) is 0 Å². The number of benzene rings is 1. The van der Waals surface area contributed by atoms with E-state index in [9.17, 15) is 0 Å². The molecule has 1 aromatic carbocycles. The predicted octanol–water partition coefficient (Wildman–Crippen LogP) is 2.66. The number of methoxy groups -OCH3 is 1. The van der Waals surface area contributed by atoms with Crippen LogP contribution >= 0.6 is 0 Å². The van der Waals surface area contributed by atoms with Crippen molar-refractivity contribution in [3.63, 3.8) is 0 Å². The summed E-state index contributed by atoms with van der Waals surface area (Å²) in [6.07, 6.45) is 1.05. The zero-order valence-electron chi connectivity index (χ0n) is 11.2. The van der Waals surface area contributed by atoms with Crippen LogP contribution in [0.15, 0.2) is 18.2 Å². The highest BCUT2D eigenvalue weighted by atomic mass is 16.5. The molecule has 0 aliphatic rings. The van der Waals surface area contributed by atoms with Gasteiger partial charge in [-0.05, 0) is 24.5 Å². The summed E-state index contributed by atoms with van der Waals surface area (Å²) in [6, 6.07) is 5.86. The van der Waals surface area contributed by atoms with E-state index in [2.05, 4.69) is 23.8 Å². The smallest absolute Gasteiger partial charge is 0.121 e. The van der Waals surface area contributed by atoms with Gasteiger partial charge in [-0.15, -0.1) is 0 Å². The van der Waals surface area contributed by atoms with Crippen molar-refractivity contribution in [1.82, 2.24) is 9.97 Å². The number of hydrogen-bond donors (Lipinski definition) is 2. The van der Waals surface area contributed by atoms with Gasteiger partial charge in [0.15, 0.2) is 0 Å². The molecule has 1 unspecified atom stereocenters. The number of nitrogens with two attached hydrogens (primary N) is 1. The molecule has 0 saturated heterocycles. The second-order valence-corrected chi connectivity index (χ2v) is 5.07. The molecule has 4 nitrogen and oxygen atoms in total. The third-order valence-electron chi connectivity index (χ3n) is 3.13. The minimum atomic E-state index is 0.295. The fraction of sp³-hybridized carbons (Fsp3) is 0.500. The van der Waals surface area contributed by atoms with Crippen LogP contribution in [0.5, 0.6) is 5.75 Å². The van der Waals surface area contributed by atoms with E-state index in [1.54, 1.807) is 7.11 Å². The summed E-state index contributed by atoms with van der Waals surface area (Å²) in [4.78, 5) is 7.98. The van der Waals surface area contributed by atoms with Gasteiger partial charge in [-0.1, -0.05) is 13.8 Å². The van der Waals surface area contributed by atoms with Crippen LogP contribution in [0.2, 0.25) is 0 Å². The normalized spacial score (nSPS) is 13.2. The average molecular weight is 247 g/mol. The van der Waals surface area contributed by atoms with E-state index < -0.39 is 0 Å². The Balaban J connectivity index is 2.33. The lowest BCUT2D eigenvalue weighted by atomic mass is 9.97. The van der Waals surface area contributed by atoms with Crippen molar-refractivity contribution >= 4 is 11.0 Å². The van der Waals surface area contributed by atoms with Gasteiger partial charge in [-0.25, -0.2) is 4.98 Å². The lowest BCUT2D eigenvalue weighted by Crippen LogP contribution is -2.15. The molecular weight excluding hydrogens is 226 g/mol. The third-order valence-corrected chi connectivity index (χ3v) is 3.13. The number of hydrogen-bond acceptors (Lipinski definition) is 3. The molecule has 2 aromatic rings. The largest absolute Gasteiger partial charge is 0.497 e. The van der Waals surface area contributed by atoms with Crippen molar-refractivity contribution in [3.8, 4) is 5.75 Å². The number of ether oxygens (including phenoxy) is 1. The van der Waals surface area contributed by atoms with Gasteiger partial charge in [0.1, 0.15) is 11.6 Å². The van der Waals surface area contributed by atoms with Crippen LogP contribution in [0.1, 0.15) is 32.0 Å². The lowest BCUT2D eigenvalue weighted by molar-refractivity contribution is 0.415. The number of rotatable bonds is 5. The summed E-state index contributed by atoms with van der Waals surface area (Å²) in [7, 11) is 1.67. The third kappa shape index (κ3) is 2.64. The molecule has 0 bridgehead atoms. The van der Waals surface area contributed by atoms with E-state index in [0.29, 0.717) is 18.4 Å². The van der Waals surface area contributed by atoms with Gasteiger partial charge >= 0.3 is 0 Å². The molecule has 2 rings (SSSR count). The fourth-order valence-electron chi connectivity index (χ4n) is 2.22. The quantitative estimate of drug-likeness (QED) is 0.853. The molecule has 3 N–H and O–H groups in total. The zero-order valence-corrected chi connectivity index (χ0v) is 11.2. The number of aromatic nitrogens is 2. The van der Waals surface area contributed by atoms with Crippen molar-refractivity contribution < 1.29 is 4.74 Å². The summed E-state index contributed by atoms with van der Waals surface area (Å²) in [5, 5.41) is 0. The number of nitrogens with zero attached hydrogens (tertiary/aromatic N) is 1. The van der Waals surface area contributed by atoms with Crippen LogP contribution in [-0.4, -0.2) is 23.6 Å². The Kier molecular flexibility index (Phi) is 3.87. The molecule has 0 fully saturated rings. The molecule has 1 aromatic heterocycles. The molecule has 0 aliphatic carbocycles. The van der Waals surface area contributed by atoms with E-state index in [1.165, 1.54) is 0 Å². The standard InChI is InChI=1S/C14H21N3O/c1-9(2)6-10(8-15)14-16-12-5-4-11(18-3)7-13(12)17-14/h4-5,7,9-10H,6,8,15H2,1-3H3,(H,16,17). The summed E-state index contributed by atoms with van der Waals surface area (Å²) in [6.45, 7) is 5.03. The number of nitrogens with one attached hydrogen (secondary N) is 1. The Labute approximate surface area is 108 Å². The van der Waals surface area contributed by atoms with Crippen LogP contribution in [0, 0.1) is 5.92 Å². The Morgan fingerprint density at radius 1 is 1.39 bits per heavy atom. The van der Waals surface area contributed by atoms with Crippen molar-refractivity contribution in [3.05, 3.63) is 24.0 Å². The highest BCUT2D eigenvalue weighted by Crippen LogP contribution is 2.25. The van der Waals surface area contributed by atoms with Crippen molar-refractivity contribution in [1.29, 1.82) is 0 Å². The van der Waals surface area contributed by atoms with E-state index >= 15 is 0 Å². The molecule has 0 amide bonds. The minimum absolute atomic E-state index is 0.295. The molecule has 98 valence electrons. The van der Waals surface area contributed by atoms with E-state index in [0.717, 1.165) is 29.0 Å². The van der Waals surface area contributed by atoms with Crippen LogP contribution in [0.4, 0.5) is 0 Å². The van der Waals surface area contributed by atoms with Crippen LogP contribution in [0.3, 0.4) is 0 Å². The lowest BCUT2D eigenvalue weighted by Gasteiger charge is -2.14. The Hall–Kier alpha value is -1.55. The van der Waals surface area contributed by atoms with Gasteiger partial charge in [-0.3, -0.25) is 0 Å². The number of aromatic amines is 1. The maximum Gasteiger partial charge on any atom is 0.121 e. The maximum absolute atomic E-state index is 5.85. The second kappa shape index (κ2) is 5.40. The van der Waals surface area contributed by atoms with Gasteiger partial charge < -0.3 is 15.5 Å².